The molecule has 1 amide bonds. The maximum absolute atomic E-state index is 13.0. The Morgan fingerprint density at radius 3 is 2.56 bits per heavy atom. The Bertz CT molecular complexity index is 816. The monoisotopic (exact) mass is 367 g/mol. The van der Waals surface area contributed by atoms with Gasteiger partial charge in [0.05, 0.1) is 16.8 Å². The predicted molar refractivity (Wildman–Crippen MR) is 89.3 cm³/mol. The highest BCUT2D eigenvalue weighted by atomic mass is 35.5. The summed E-state index contributed by atoms with van der Waals surface area (Å²) in [5.74, 6) is -0.419. The quantitative estimate of drug-likeness (QED) is 0.807. The van der Waals surface area contributed by atoms with Crippen molar-refractivity contribution >= 4 is 28.9 Å². The van der Waals surface area contributed by atoms with Crippen LogP contribution in [0.4, 0.5) is 24.5 Å². The van der Waals surface area contributed by atoms with Crippen LogP contribution in [-0.4, -0.2) is 12.5 Å². The third kappa shape index (κ3) is 5.13. The fourth-order valence-corrected chi connectivity index (χ4v) is 2.29. The molecule has 0 bridgehead atoms. The molecule has 0 saturated heterocycles. The fraction of sp³-hybridized carbons (Fsp3) is 0.176. The average molecular weight is 368 g/mol. The van der Waals surface area contributed by atoms with Gasteiger partial charge < -0.3 is 10.6 Å². The summed E-state index contributed by atoms with van der Waals surface area (Å²) in [4.78, 5) is 11.9. The Hall–Kier alpha value is -2.72. The van der Waals surface area contributed by atoms with Gasteiger partial charge in [-0.1, -0.05) is 23.7 Å². The van der Waals surface area contributed by atoms with Crippen LogP contribution in [0.15, 0.2) is 42.5 Å². The van der Waals surface area contributed by atoms with Gasteiger partial charge in [-0.3, -0.25) is 4.79 Å². The lowest BCUT2D eigenvalue weighted by Gasteiger charge is -2.15. The Morgan fingerprint density at radius 2 is 1.88 bits per heavy atom. The van der Waals surface area contributed by atoms with Gasteiger partial charge in [-0.05, 0) is 30.3 Å². The molecule has 0 saturated carbocycles. The van der Waals surface area contributed by atoms with Crippen LogP contribution in [0.25, 0.3) is 0 Å². The summed E-state index contributed by atoms with van der Waals surface area (Å²) in [5.41, 5.74) is -0.379. The number of nitriles is 1. The lowest BCUT2D eigenvalue weighted by Crippen LogP contribution is -2.18. The third-order valence-electron chi connectivity index (χ3n) is 3.28. The zero-order valence-electron chi connectivity index (χ0n) is 12.8. The summed E-state index contributed by atoms with van der Waals surface area (Å²) in [6.45, 7) is -0.00866. The van der Waals surface area contributed by atoms with Crippen molar-refractivity contribution in [2.45, 2.75) is 12.6 Å². The molecule has 0 radical (unpaired) electrons. The van der Waals surface area contributed by atoms with Crippen molar-refractivity contribution in [3.05, 3.63) is 58.6 Å². The molecule has 0 aliphatic heterocycles. The van der Waals surface area contributed by atoms with Gasteiger partial charge in [-0.15, -0.1) is 0 Å². The molecule has 8 heteroatoms. The number of anilines is 2. The number of benzene rings is 2. The highest BCUT2D eigenvalue weighted by Crippen LogP contribution is 2.36. The number of carbonyl (C=O) groups is 1. The van der Waals surface area contributed by atoms with Gasteiger partial charge in [0.1, 0.15) is 6.07 Å². The van der Waals surface area contributed by atoms with Crippen molar-refractivity contribution in [2.24, 2.45) is 0 Å². The fourth-order valence-electron chi connectivity index (χ4n) is 2.12. The van der Waals surface area contributed by atoms with Crippen LogP contribution in [0.1, 0.15) is 17.5 Å². The maximum atomic E-state index is 13.0. The molecular formula is C17H13ClF3N3O. The summed E-state index contributed by atoms with van der Waals surface area (Å²) in [6, 6.07) is 11.8. The largest absolute Gasteiger partial charge is 0.418 e. The third-order valence-corrected chi connectivity index (χ3v) is 3.51. The summed E-state index contributed by atoms with van der Waals surface area (Å²) in [6.07, 6.45) is -4.62. The zero-order valence-corrected chi connectivity index (χ0v) is 13.6. The van der Waals surface area contributed by atoms with Crippen molar-refractivity contribution < 1.29 is 18.0 Å². The Labute approximate surface area is 147 Å². The minimum atomic E-state index is -4.55. The number of hydrogen-bond acceptors (Lipinski definition) is 3. The van der Waals surface area contributed by atoms with E-state index in [1.54, 1.807) is 24.3 Å². The van der Waals surface area contributed by atoms with E-state index in [9.17, 15) is 18.0 Å². The van der Waals surface area contributed by atoms with Crippen LogP contribution in [0, 0.1) is 11.3 Å². The van der Waals surface area contributed by atoms with Gasteiger partial charge in [0.2, 0.25) is 5.91 Å². The highest BCUT2D eigenvalue weighted by molar-refractivity contribution is 6.30. The van der Waals surface area contributed by atoms with Gasteiger partial charge in [0.25, 0.3) is 0 Å². The number of halogens is 4. The van der Waals surface area contributed by atoms with Gasteiger partial charge in [0, 0.05) is 23.7 Å². The van der Waals surface area contributed by atoms with Crippen LogP contribution in [-0.2, 0) is 11.0 Å². The highest BCUT2D eigenvalue weighted by Gasteiger charge is 2.33. The van der Waals surface area contributed by atoms with Crippen LogP contribution >= 0.6 is 11.6 Å². The molecule has 0 fully saturated rings. The number of amides is 1. The second-order valence-electron chi connectivity index (χ2n) is 5.07. The standard InChI is InChI=1S/C17H13ClF3N3O/c18-12-5-6-15(13(9-12)17(19,20)21)23-8-7-16(25)24-14-4-2-1-3-11(14)10-22/h1-6,9,23H,7-8H2,(H,24,25). The summed E-state index contributed by atoms with van der Waals surface area (Å²) >= 11 is 5.61. The molecule has 2 N–H and O–H groups in total. The van der Waals surface area contributed by atoms with Gasteiger partial charge in [0.15, 0.2) is 0 Å². The van der Waals surface area contributed by atoms with E-state index >= 15 is 0 Å². The van der Waals surface area contributed by atoms with Crippen molar-refractivity contribution in [2.75, 3.05) is 17.2 Å². The Balaban J connectivity index is 1.97. The number of rotatable bonds is 5. The molecule has 25 heavy (non-hydrogen) atoms. The minimum Gasteiger partial charge on any atom is -0.384 e. The first-order valence-electron chi connectivity index (χ1n) is 7.21. The smallest absolute Gasteiger partial charge is 0.384 e. The molecule has 2 aromatic rings. The van der Waals surface area contributed by atoms with Crippen molar-refractivity contribution in [3.63, 3.8) is 0 Å². The summed E-state index contributed by atoms with van der Waals surface area (Å²) < 4.78 is 38.9. The molecule has 0 aliphatic rings. The van der Waals surface area contributed by atoms with E-state index in [-0.39, 0.29) is 23.7 Å². The second kappa shape index (κ2) is 7.90. The lowest BCUT2D eigenvalue weighted by molar-refractivity contribution is -0.137. The van der Waals surface area contributed by atoms with Gasteiger partial charge in [-0.25, -0.2) is 0 Å². The van der Waals surface area contributed by atoms with E-state index < -0.39 is 17.6 Å². The number of alkyl halides is 3. The Morgan fingerprint density at radius 1 is 1.16 bits per heavy atom. The molecule has 0 heterocycles. The molecule has 0 aliphatic carbocycles. The van der Waals surface area contributed by atoms with Crippen molar-refractivity contribution in [3.8, 4) is 6.07 Å². The molecule has 2 rings (SSSR count). The average Bonchev–Trinajstić information content (AvgIpc) is 2.55. The van der Waals surface area contributed by atoms with E-state index in [1.165, 1.54) is 12.1 Å². The van der Waals surface area contributed by atoms with E-state index in [2.05, 4.69) is 10.6 Å². The second-order valence-corrected chi connectivity index (χ2v) is 5.51. The van der Waals surface area contributed by atoms with Crippen LogP contribution in [0.3, 0.4) is 0 Å². The maximum Gasteiger partial charge on any atom is 0.418 e. The molecule has 0 aromatic heterocycles. The molecular weight excluding hydrogens is 355 g/mol. The number of nitrogens with zero attached hydrogens (tertiary/aromatic N) is 1. The van der Waals surface area contributed by atoms with Gasteiger partial charge in [-0.2, -0.15) is 18.4 Å². The lowest BCUT2D eigenvalue weighted by atomic mass is 10.1. The molecule has 0 unspecified atom stereocenters. The van der Waals surface area contributed by atoms with E-state index in [4.69, 9.17) is 16.9 Å². The van der Waals surface area contributed by atoms with Crippen molar-refractivity contribution in [1.29, 1.82) is 5.26 Å². The zero-order chi connectivity index (χ0) is 18.4. The number of nitrogens with one attached hydrogen (secondary N) is 2. The summed E-state index contributed by atoms with van der Waals surface area (Å²) in [5, 5.41) is 14.1. The number of para-hydroxylation sites is 1. The van der Waals surface area contributed by atoms with E-state index in [1.807, 2.05) is 6.07 Å². The van der Waals surface area contributed by atoms with E-state index in [0.717, 1.165) is 6.07 Å². The predicted octanol–water partition coefficient (Wildman–Crippen LogP) is 4.67. The number of carbonyl (C=O) groups excluding carboxylic acids is 1. The van der Waals surface area contributed by atoms with Crippen LogP contribution in [0.2, 0.25) is 5.02 Å². The molecule has 4 nitrogen and oxygen atoms in total. The SMILES string of the molecule is N#Cc1ccccc1NC(=O)CCNc1ccc(Cl)cc1C(F)(F)F. The molecule has 2 aromatic carbocycles. The molecule has 0 spiro atoms. The Kier molecular flexibility index (Phi) is 5.88. The normalized spacial score (nSPS) is 10.8. The topological polar surface area (TPSA) is 64.9 Å². The van der Waals surface area contributed by atoms with Crippen molar-refractivity contribution in [1.82, 2.24) is 0 Å². The summed E-state index contributed by atoms with van der Waals surface area (Å²) in [7, 11) is 0. The number of hydrogen-bond donors (Lipinski definition) is 2. The first-order valence-corrected chi connectivity index (χ1v) is 7.58. The molecule has 130 valence electrons. The minimum absolute atomic E-state index is 0.00866. The van der Waals surface area contributed by atoms with Crippen LogP contribution in [0.5, 0.6) is 0 Å². The first kappa shape index (κ1) is 18.6. The van der Waals surface area contributed by atoms with Gasteiger partial charge >= 0.3 is 6.18 Å². The first-order chi connectivity index (χ1) is 11.8. The van der Waals surface area contributed by atoms with Crippen LogP contribution < -0.4 is 10.6 Å². The molecule has 0 atom stereocenters. The van der Waals surface area contributed by atoms with E-state index in [0.29, 0.717) is 11.3 Å².